The molecule has 116 valence electrons. The van der Waals surface area contributed by atoms with Crippen LogP contribution in [0.15, 0.2) is 36.5 Å². The maximum atomic E-state index is 8.99. The van der Waals surface area contributed by atoms with E-state index in [9.17, 15) is 0 Å². The van der Waals surface area contributed by atoms with Crippen molar-refractivity contribution in [3.63, 3.8) is 0 Å². The highest BCUT2D eigenvalue weighted by Gasteiger charge is 2.10. The van der Waals surface area contributed by atoms with Gasteiger partial charge in [-0.1, -0.05) is 17.4 Å². The van der Waals surface area contributed by atoms with Crippen LogP contribution in [0.1, 0.15) is 0 Å². The number of fused-ring (bicyclic) bond motifs is 2. The average Bonchev–Trinajstić information content (AvgIpc) is 3.16. The number of benzene rings is 1. The molecule has 0 spiro atoms. The number of aromatic nitrogens is 3. The van der Waals surface area contributed by atoms with Crippen LogP contribution in [0.2, 0.25) is 0 Å². The Morgan fingerprint density at radius 1 is 1.22 bits per heavy atom. The highest BCUT2D eigenvalue weighted by molar-refractivity contribution is 7.22. The summed E-state index contributed by atoms with van der Waals surface area (Å²) >= 11 is 1.48. The Bertz CT molecular complexity index is 991. The van der Waals surface area contributed by atoms with Crippen molar-refractivity contribution in [1.29, 1.82) is 0 Å². The molecule has 0 fully saturated rings. The number of anilines is 2. The first-order valence-electron chi connectivity index (χ1n) is 7.24. The molecule has 0 radical (unpaired) electrons. The van der Waals surface area contributed by atoms with Crippen LogP contribution >= 0.6 is 11.3 Å². The number of thiazole rings is 1. The van der Waals surface area contributed by atoms with E-state index >= 15 is 0 Å². The first-order valence-corrected chi connectivity index (χ1v) is 8.05. The summed E-state index contributed by atoms with van der Waals surface area (Å²) in [4.78, 5) is 12.0. The number of nitrogens with two attached hydrogens (primary N) is 1. The number of H-pyrrole nitrogens is 1. The summed E-state index contributed by atoms with van der Waals surface area (Å²) in [6.07, 6.45) is 1.87. The summed E-state index contributed by atoms with van der Waals surface area (Å²) in [5.41, 5.74) is 9.61. The number of pyridine rings is 1. The van der Waals surface area contributed by atoms with Gasteiger partial charge in [-0.05, 0) is 35.4 Å². The molecule has 0 saturated carbocycles. The molecule has 4 aromatic rings. The monoisotopic (exact) mass is 325 g/mol. The number of hydrogen-bond acceptors (Lipinski definition) is 6. The normalized spacial score (nSPS) is 11.3. The van der Waals surface area contributed by atoms with E-state index in [-0.39, 0.29) is 6.61 Å². The SMILES string of the molecule is Nc1nc2cc(-c3cc(NCCO)nc4[nH]ccc34)ccc2s1. The zero-order chi connectivity index (χ0) is 15.8. The third kappa shape index (κ3) is 2.49. The Hall–Kier alpha value is -2.64. The molecule has 6 nitrogen and oxygen atoms in total. The molecule has 0 bridgehead atoms. The van der Waals surface area contributed by atoms with E-state index in [0.29, 0.717) is 11.7 Å². The molecule has 4 rings (SSSR count). The maximum absolute atomic E-state index is 8.99. The van der Waals surface area contributed by atoms with Gasteiger partial charge in [0.15, 0.2) is 5.13 Å². The lowest BCUT2D eigenvalue weighted by Gasteiger charge is -2.09. The Morgan fingerprint density at radius 3 is 3.00 bits per heavy atom. The number of aliphatic hydroxyl groups is 1. The Balaban J connectivity index is 1.88. The molecular weight excluding hydrogens is 310 g/mol. The van der Waals surface area contributed by atoms with Gasteiger partial charge in [0.1, 0.15) is 11.5 Å². The summed E-state index contributed by atoms with van der Waals surface area (Å²) in [6.45, 7) is 0.518. The first kappa shape index (κ1) is 14.0. The van der Waals surface area contributed by atoms with Gasteiger partial charge in [-0.3, -0.25) is 0 Å². The molecule has 3 aromatic heterocycles. The van der Waals surface area contributed by atoms with E-state index in [1.54, 1.807) is 0 Å². The highest BCUT2D eigenvalue weighted by Crippen LogP contribution is 2.33. The van der Waals surface area contributed by atoms with Gasteiger partial charge in [-0.2, -0.15) is 0 Å². The van der Waals surface area contributed by atoms with E-state index in [4.69, 9.17) is 10.8 Å². The number of hydrogen-bond donors (Lipinski definition) is 4. The number of nitrogens with one attached hydrogen (secondary N) is 2. The van der Waals surface area contributed by atoms with Gasteiger partial charge in [0.25, 0.3) is 0 Å². The molecule has 0 saturated heterocycles. The van der Waals surface area contributed by atoms with Crippen LogP contribution in [-0.4, -0.2) is 33.2 Å². The number of nitrogen functional groups attached to an aromatic ring is 1. The molecule has 0 unspecified atom stereocenters. The fraction of sp³-hybridized carbons (Fsp3) is 0.125. The number of rotatable bonds is 4. The van der Waals surface area contributed by atoms with Crippen molar-refractivity contribution >= 4 is 43.5 Å². The number of aromatic amines is 1. The summed E-state index contributed by atoms with van der Waals surface area (Å²) < 4.78 is 1.07. The van der Waals surface area contributed by atoms with Gasteiger partial charge in [-0.25, -0.2) is 9.97 Å². The summed E-state index contributed by atoms with van der Waals surface area (Å²) in [7, 11) is 0. The standard InChI is InChI=1S/C16H15N5OS/c17-16-20-12-7-9(1-2-13(12)23-16)11-8-14(18-5-6-22)21-15-10(11)3-4-19-15/h1-4,7-8,22H,5-6H2,(H2,17,20)(H2,18,19,21). The largest absolute Gasteiger partial charge is 0.395 e. The minimum atomic E-state index is 0.0594. The van der Waals surface area contributed by atoms with Crippen molar-refractivity contribution in [2.45, 2.75) is 0 Å². The maximum Gasteiger partial charge on any atom is 0.181 e. The smallest absolute Gasteiger partial charge is 0.181 e. The van der Waals surface area contributed by atoms with Crippen molar-refractivity contribution in [3.05, 3.63) is 36.5 Å². The summed E-state index contributed by atoms with van der Waals surface area (Å²) in [5, 5.41) is 13.7. The van der Waals surface area contributed by atoms with Gasteiger partial charge in [0.2, 0.25) is 0 Å². The molecule has 0 atom stereocenters. The zero-order valence-corrected chi connectivity index (χ0v) is 13.0. The molecule has 23 heavy (non-hydrogen) atoms. The molecule has 5 N–H and O–H groups in total. The summed E-state index contributed by atoms with van der Waals surface area (Å²) in [5.74, 6) is 0.724. The van der Waals surface area contributed by atoms with Crippen LogP contribution in [0.4, 0.5) is 10.9 Å². The molecule has 7 heteroatoms. The second-order valence-electron chi connectivity index (χ2n) is 5.18. The summed E-state index contributed by atoms with van der Waals surface area (Å²) in [6, 6.07) is 10.1. The van der Waals surface area contributed by atoms with E-state index in [0.717, 1.165) is 38.2 Å². The molecule has 0 aliphatic carbocycles. The van der Waals surface area contributed by atoms with Gasteiger partial charge < -0.3 is 21.1 Å². The van der Waals surface area contributed by atoms with Crippen molar-refractivity contribution in [2.24, 2.45) is 0 Å². The predicted molar refractivity (Wildman–Crippen MR) is 94.7 cm³/mol. The Kier molecular flexibility index (Phi) is 3.36. The third-order valence-electron chi connectivity index (χ3n) is 3.66. The van der Waals surface area contributed by atoms with Crippen LogP contribution in [0.5, 0.6) is 0 Å². The van der Waals surface area contributed by atoms with Crippen LogP contribution in [0.25, 0.3) is 32.4 Å². The fourth-order valence-corrected chi connectivity index (χ4v) is 3.38. The minimum absolute atomic E-state index is 0.0594. The molecule has 1 aromatic carbocycles. The van der Waals surface area contributed by atoms with E-state index in [1.165, 1.54) is 11.3 Å². The second kappa shape index (κ2) is 5.53. The molecular formula is C16H15N5OS. The Labute approximate surface area is 136 Å². The van der Waals surface area contributed by atoms with Gasteiger partial charge in [0, 0.05) is 18.1 Å². The topological polar surface area (TPSA) is 99.8 Å². The predicted octanol–water partition coefficient (Wildman–Crippen LogP) is 2.83. The number of nitrogens with zero attached hydrogens (tertiary/aromatic N) is 2. The fourth-order valence-electron chi connectivity index (χ4n) is 2.66. The average molecular weight is 325 g/mol. The number of aliphatic hydroxyl groups excluding tert-OH is 1. The van der Waals surface area contributed by atoms with Crippen molar-refractivity contribution in [2.75, 3.05) is 24.2 Å². The van der Waals surface area contributed by atoms with Crippen LogP contribution in [-0.2, 0) is 0 Å². The van der Waals surface area contributed by atoms with Crippen molar-refractivity contribution in [1.82, 2.24) is 15.0 Å². The molecule has 0 aliphatic rings. The Morgan fingerprint density at radius 2 is 2.13 bits per heavy atom. The third-order valence-corrected chi connectivity index (χ3v) is 4.53. The second-order valence-corrected chi connectivity index (χ2v) is 6.24. The van der Waals surface area contributed by atoms with Crippen LogP contribution in [0, 0.1) is 0 Å². The van der Waals surface area contributed by atoms with Crippen molar-refractivity contribution in [3.8, 4) is 11.1 Å². The lowest BCUT2D eigenvalue weighted by atomic mass is 10.0. The quantitative estimate of drug-likeness (QED) is 0.462. The van der Waals surface area contributed by atoms with Crippen molar-refractivity contribution < 1.29 is 5.11 Å². The van der Waals surface area contributed by atoms with Gasteiger partial charge >= 0.3 is 0 Å². The zero-order valence-electron chi connectivity index (χ0n) is 12.2. The van der Waals surface area contributed by atoms with Gasteiger partial charge in [0.05, 0.1) is 16.8 Å². The molecule has 0 aliphatic heterocycles. The first-order chi connectivity index (χ1) is 11.2. The van der Waals surface area contributed by atoms with E-state index < -0.39 is 0 Å². The van der Waals surface area contributed by atoms with Crippen LogP contribution in [0.3, 0.4) is 0 Å². The van der Waals surface area contributed by atoms with E-state index in [1.807, 2.05) is 30.5 Å². The van der Waals surface area contributed by atoms with Crippen LogP contribution < -0.4 is 11.1 Å². The van der Waals surface area contributed by atoms with Gasteiger partial charge in [-0.15, -0.1) is 0 Å². The molecule has 3 heterocycles. The molecule has 0 amide bonds. The lowest BCUT2D eigenvalue weighted by molar-refractivity contribution is 0.311. The lowest BCUT2D eigenvalue weighted by Crippen LogP contribution is -2.07. The van der Waals surface area contributed by atoms with E-state index in [2.05, 4.69) is 26.3 Å². The minimum Gasteiger partial charge on any atom is -0.395 e. The highest BCUT2D eigenvalue weighted by atomic mass is 32.1.